The zero-order chi connectivity index (χ0) is 12.4. The fourth-order valence-electron chi connectivity index (χ4n) is 2.08. The van der Waals surface area contributed by atoms with Crippen molar-refractivity contribution in [2.45, 2.75) is 25.4 Å². The third-order valence-electron chi connectivity index (χ3n) is 3.12. The smallest absolute Gasteiger partial charge is 0.123 e. The standard InChI is InChI=1S/C14H13N3O/c15-8-11-5-6-16-9-14(11)17(12-3-4-12)10-13-2-1-7-18-13/h1-2,5-7,9,12H,3-4,10H2. The molecule has 0 bridgehead atoms. The summed E-state index contributed by atoms with van der Waals surface area (Å²) < 4.78 is 5.39. The zero-order valence-corrected chi connectivity index (χ0v) is 9.91. The molecule has 0 aromatic carbocycles. The fraction of sp³-hybridized carbons (Fsp3) is 0.286. The molecule has 3 rings (SSSR count). The van der Waals surface area contributed by atoms with Crippen LogP contribution in [0.1, 0.15) is 24.2 Å². The summed E-state index contributed by atoms with van der Waals surface area (Å²) in [4.78, 5) is 6.34. The molecule has 0 aliphatic heterocycles. The van der Waals surface area contributed by atoms with Crippen LogP contribution >= 0.6 is 0 Å². The molecule has 1 saturated carbocycles. The van der Waals surface area contributed by atoms with Crippen molar-refractivity contribution < 1.29 is 4.42 Å². The van der Waals surface area contributed by atoms with Crippen LogP contribution in [0.15, 0.2) is 41.3 Å². The first-order valence-corrected chi connectivity index (χ1v) is 6.01. The summed E-state index contributed by atoms with van der Waals surface area (Å²) in [5, 5.41) is 9.17. The second kappa shape index (κ2) is 4.53. The summed E-state index contributed by atoms with van der Waals surface area (Å²) in [6.07, 6.45) is 7.43. The maximum atomic E-state index is 9.17. The van der Waals surface area contributed by atoms with Gasteiger partial charge in [-0.05, 0) is 31.0 Å². The van der Waals surface area contributed by atoms with E-state index in [9.17, 15) is 0 Å². The molecule has 4 nitrogen and oxygen atoms in total. The highest BCUT2D eigenvalue weighted by atomic mass is 16.3. The first-order chi connectivity index (χ1) is 8.88. The number of anilines is 1. The molecule has 0 unspecified atom stereocenters. The number of nitrogens with zero attached hydrogens (tertiary/aromatic N) is 3. The first-order valence-electron chi connectivity index (χ1n) is 6.01. The van der Waals surface area contributed by atoms with Gasteiger partial charge in [-0.2, -0.15) is 5.26 Å². The molecule has 0 amide bonds. The zero-order valence-electron chi connectivity index (χ0n) is 9.91. The summed E-state index contributed by atoms with van der Waals surface area (Å²) in [7, 11) is 0. The number of furan rings is 1. The van der Waals surface area contributed by atoms with Gasteiger partial charge in [-0.1, -0.05) is 0 Å². The molecule has 1 aliphatic carbocycles. The Morgan fingerprint density at radius 3 is 3.00 bits per heavy atom. The molecule has 2 aromatic heterocycles. The van der Waals surface area contributed by atoms with E-state index >= 15 is 0 Å². The minimum absolute atomic E-state index is 0.506. The molecule has 2 aromatic rings. The van der Waals surface area contributed by atoms with Crippen molar-refractivity contribution in [3.05, 3.63) is 48.2 Å². The lowest BCUT2D eigenvalue weighted by atomic mass is 10.2. The van der Waals surface area contributed by atoms with Crippen LogP contribution in [0.3, 0.4) is 0 Å². The second-order valence-corrected chi connectivity index (χ2v) is 4.44. The maximum absolute atomic E-state index is 9.17. The highest BCUT2D eigenvalue weighted by Crippen LogP contribution is 2.34. The molecule has 0 spiro atoms. The van der Waals surface area contributed by atoms with Gasteiger partial charge in [-0.15, -0.1) is 0 Å². The van der Waals surface area contributed by atoms with E-state index in [0.29, 0.717) is 18.2 Å². The minimum atomic E-state index is 0.506. The van der Waals surface area contributed by atoms with Gasteiger partial charge in [0.15, 0.2) is 0 Å². The fourth-order valence-corrected chi connectivity index (χ4v) is 2.08. The monoisotopic (exact) mass is 239 g/mol. The predicted octanol–water partition coefficient (Wildman–Crippen LogP) is 2.72. The van der Waals surface area contributed by atoms with Crippen LogP contribution in [-0.2, 0) is 6.54 Å². The van der Waals surface area contributed by atoms with E-state index in [1.54, 1.807) is 24.7 Å². The Morgan fingerprint density at radius 1 is 1.44 bits per heavy atom. The lowest BCUT2D eigenvalue weighted by Gasteiger charge is -2.24. The van der Waals surface area contributed by atoms with Gasteiger partial charge in [0.05, 0.1) is 30.3 Å². The largest absolute Gasteiger partial charge is 0.467 e. The van der Waals surface area contributed by atoms with Crippen molar-refractivity contribution in [3.63, 3.8) is 0 Å². The van der Waals surface area contributed by atoms with Crippen molar-refractivity contribution in [1.82, 2.24) is 4.98 Å². The van der Waals surface area contributed by atoms with Crippen molar-refractivity contribution in [2.75, 3.05) is 4.90 Å². The predicted molar refractivity (Wildman–Crippen MR) is 66.9 cm³/mol. The Bertz CT molecular complexity index is 567. The van der Waals surface area contributed by atoms with Crippen LogP contribution in [0.4, 0.5) is 5.69 Å². The normalized spacial score (nSPS) is 14.2. The van der Waals surface area contributed by atoms with Crippen molar-refractivity contribution in [3.8, 4) is 6.07 Å². The summed E-state index contributed by atoms with van der Waals surface area (Å²) in [5.74, 6) is 0.912. The molecule has 2 heterocycles. The molecule has 18 heavy (non-hydrogen) atoms. The lowest BCUT2D eigenvalue weighted by Crippen LogP contribution is -2.25. The molecule has 0 atom stereocenters. The van der Waals surface area contributed by atoms with Gasteiger partial charge in [0, 0.05) is 12.2 Å². The third kappa shape index (κ3) is 2.07. The van der Waals surface area contributed by atoms with Gasteiger partial charge >= 0.3 is 0 Å². The molecule has 0 N–H and O–H groups in total. The summed E-state index contributed by atoms with van der Waals surface area (Å²) >= 11 is 0. The molecular weight excluding hydrogens is 226 g/mol. The number of pyridine rings is 1. The molecular formula is C14H13N3O. The van der Waals surface area contributed by atoms with E-state index in [1.165, 1.54) is 12.8 Å². The van der Waals surface area contributed by atoms with E-state index in [4.69, 9.17) is 9.68 Å². The summed E-state index contributed by atoms with van der Waals surface area (Å²) in [5.41, 5.74) is 1.57. The lowest BCUT2D eigenvalue weighted by molar-refractivity contribution is 0.501. The number of hydrogen-bond donors (Lipinski definition) is 0. The maximum Gasteiger partial charge on any atom is 0.123 e. The number of nitriles is 1. The van der Waals surface area contributed by atoms with E-state index in [2.05, 4.69) is 16.0 Å². The van der Waals surface area contributed by atoms with Crippen LogP contribution in [0.25, 0.3) is 0 Å². The number of aromatic nitrogens is 1. The Labute approximate surface area is 105 Å². The van der Waals surface area contributed by atoms with Gasteiger partial charge in [-0.25, -0.2) is 0 Å². The van der Waals surface area contributed by atoms with Gasteiger partial charge in [0.25, 0.3) is 0 Å². The molecule has 0 saturated heterocycles. The average molecular weight is 239 g/mol. The van der Waals surface area contributed by atoms with E-state index in [1.807, 2.05) is 12.1 Å². The van der Waals surface area contributed by atoms with Crippen molar-refractivity contribution in [2.24, 2.45) is 0 Å². The van der Waals surface area contributed by atoms with Crippen LogP contribution in [0.5, 0.6) is 0 Å². The van der Waals surface area contributed by atoms with Gasteiger partial charge in [0.1, 0.15) is 11.8 Å². The number of hydrogen-bond acceptors (Lipinski definition) is 4. The third-order valence-corrected chi connectivity index (χ3v) is 3.12. The van der Waals surface area contributed by atoms with Crippen LogP contribution in [0, 0.1) is 11.3 Å². The highest BCUT2D eigenvalue weighted by molar-refractivity contribution is 5.58. The first kappa shape index (κ1) is 10.8. The van der Waals surface area contributed by atoms with Gasteiger partial charge in [0.2, 0.25) is 0 Å². The molecule has 90 valence electrons. The Hall–Kier alpha value is -2.28. The second-order valence-electron chi connectivity index (χ2n) is 4.44. The Morgan fingerprint density at radius 2 is 2.33 bits per heavy atom. The van der Waals surface area contributed by atoms with E-state index < -0.39 is 0 Å². The topological polar surface area (TPSA) is 53.1 Å². The van der Waals surface area contributed by atoms with Crippen LogP contribution in [-0.4, -0.2) is 11.0 Å². The molecule has 1 aliphatic rings. The van der Waals surface area contributed by atoms with Crippen molar-refractivity contribution >= 4 is 5.69 Å². The quantitative estimate of drug-likeness (QED) is 0.823. The van der Waals surface area contributed by atoms with Crippen LogP contribution < -0.4 is 4.90 Å². The van der Waals surface area contributed by atoms with Gasteiger partial charge < -0.3 is 9.32 Å². The van der Waals surface area contributed by atoms with Gasteiger partial charge in [-0.3, -0.25) is 4.98 Å². The SMILES string of the molecule is N#Cc1ccncc1N(Cc1ccco1)C1CC1. The van der Waals surface area contributed by atoms with E-state index in [0.717, 1.165) is 11.4 Å². The van der Waals surface area contributed by atoms with Crippen LogP contribution in [0.2, 0.25) is 0 Å². The Kier molecular flexibility index (Phi) is 2.73. The summed E-state index contributed by atoms with van der Waals surface area (Å²) in [6.45, 7) is 0.692. The molecule has 0 radical (unpaired) electrons. The molecule has 1 fully saturated rings. The highest BCUT2D eigenvalue weighted by Gasteiger charge is 2.31. The summed E-state index contributed by atoms with van der Waals surface area (Å²) in [6, 6.07) is 8.33. The molecule has 4 heteroatoms. The minimum Gasteiger partial charge on any atom is -0.467 e. The van der Waals surface area contributed by atoms with E-state index in [-0.39, 0.29) is 0 Å². The van der Waals surface area contributed by atoms with Crippen molar-refractivity contribution in [1.29, 1.82) is 5.26 Å². The number of rotatable bonds is 4. The Balaban J connectivity index is 1.92. The average Bonchev–Trinajstić information content (AvgIpc) is 3.13.